The molecule has 1 aliphatic heterocycles. The van der Waals surface area contributed by atoms with E-state index < -0.39 is 0 Å². The summed E-state index contributed by atoms with van der Waals surface area (Å²) in [6, 6.07) is 11.4. The number of pyridine rings is 1. The molecular formula is C23H21N5O2S. The number of likely N-dealkylation sites (tertiary alicyclic amines) is 1. The molecule has 1 aliphatic rings. The van der Waals surface area contributed by atoms with Gasteiger partial charge in [-0.2, -0.15) is 0 Å². The average Bonchev–Trinajstić information content (AvgIpc) is 3.34. The number of rotatable bonds is 3. The van der Waals surface area contributed by atoms with Crippen LogP contribution in [0.1, 0.15) is 40.6 Å². The highest BCUT2D eigenvalue weighted by molar-refractivity contribution is 7.13. The Bertz CT molecular complexity index is 1320. The van der Waals surface area contributed by atoms with E-state index in [9.17, 15) is 9.59 Å². The number of thiophene rings is 1. The molecule has 0 spiro atoms. The Morgan fingerprint density at radius 3 is 2.94 bits per heavy atom. The fraction of sp³-hybridized carbons (Fsp3) is 0.261. The topological polar surface area (TPSA) is 80.5 Å². The maximum atomic E-state index is 13.2. The molecule has 1 saturated heterocycles. The smallest absolute Gasteiger partial charge is 0.270 e. The molecule has 156 valence electrons. The normalized spacial score (nSPS) is 16.5. The molecule has 8 heteroatoms. The van der Waals surface area contributed by atoms with Gasteiger partial charge in [-0.15, -0.1) is 11.3 Å². The Labute approximate surface area is 183 Å². The van der Waals surface area contributed by atoms with E-state index >= 15 is 0 Å². The van der Waals surface area contributed by atoms with E-state index in [1.54, 1.807) is 34.6 Å². The van der Waals surface area contributed by atoms with Crippen molar-refractivity contribution in [3.05, 3.63) is 81.6 Å². The second kappa shape index (κ2) is 8.03. The van der Waals surface area contributed by atoms with Gasteiger partial charge >= 0.3 is 0 Å². The van der Waals surface area contributed by atoms with E-state index in [0.717, 1.165) is 34.9 Å². The molecule has 0 aliphatic carbocycles. The summed E-state index contributed by atoms with van der Waals surface area (Å²) in [5, 5.41) is 2.03. The second-order valence-corrected chi connectivity index (χ2v) is 8.67. The van der Waals surface area contributed by atoms with Gasteiger partial charge in [0.1, 0.15) is 17.0 Å². The lowest BCUT2D eigenvalue weighted by atomic mass is 9.96. The van der Waals surface area contributed by atoms with E-state index in [2.05, 4.69) is 9.97 Å². The van der Waals surface area contributed by atoms with Crippen LogP contribution in [-0.2, 0) is 0 Å². The predicted octanol–water partition coefficient (Wildman–Crippen LogP) is 3.54. The van der Waals surface area contributed by atoms with Crippen LogP contribution in [0.4, 0.5) is 0 Å². The van der Waals surface area contributed by atoms with Crippen molar-refractivity contribution < 1.29 is 4.79 Å². The van der Waals surface area contributed by atoms with E-state index in [1.165, 1.54) is 10.6 Å². The third-order valence-corrected chi connectivity index (χ3v) is 6.46. The highest BCUT2D eigenvalue weighted by Gasteiger charge is 2.29. The maximum Gasteiger partial charge on any atom is 0.270 e. The zero-order valence-corrected chi connectivity index (χ0v) is 17.9. The highest BCUT2D eigenvalue weighted by Crippen LogP contribution is 2.29. The third-order valence-electron chi connectivity index (χ3n) is 5.56. The number of hydrogen-bond donors (Lipinski definition) is 0. The van der Waals surface area contributed by atoms with Gasteiger partial charge in [-0.1, -0.05) is 12.1 Å². The molecule has 0 radical (unpaired) electrons. The quantitative estimate of drug-likeness (QED) is 0.496. The van der Waals surface area contributed by atoms with Crippen LogP contribution >= 0.6 is 11.3 Å². The van der Waals surface area contributed by atoms with Crippen molar-refractivity contribution >= 4 is 22.9 Å². The van der Waals surface area contributed by atoms with Crippen molar-refractivity contribution in [2.45, 2.75) is 25.7 Å². The van der Waals surface area contributed by atoms with E-state index in [1.807, 2.05) is 36.6 Å². The summed E-state index contributed by atoms with van der Waals surface area (Å²) in [4.78, 5) is 42.6. The summed E-state index contributed by atoms with van der Waals surface area (Å²) in [5.41, 5.74) is 2.10. The first kappa shape index (κ1) is 19.6. The van der Waals surface area contributed by atoms with Crippen molar-refractivity contribution in [1.82, 2.24) is 24.3 Å². The maximum absolute atomic E-state index is 13.2. The lowest BCUT2D eigenvalue weighted by Crippen LogP contribution is -2.42. The molecule has 1 amide bonds. The van der Waals surface area contributed by atoms with E-state index in [4.69, 9.17) is 4.98 Å². The molecule has 5 heterocycles. The molecule has 0 N–H and O–H groups in total. The van der Waals surface area contributed by atoms with Gasteiger partial charge in [0, 0.05) is 37.1 Å². The first-order valence-electron chi connectivity index (χ1n) is 10.3. The highest BCUT2D eigenvalue weighted by atomic mass is 32.1. The summed E-state index contributed by atoms with van der Waals surface area (Å²) in [6.07, 6.45) is 4.77. The van der Waals surface area contributed by atoms with Crippen molar-refractivity contribution in [3.63, 3.8) is 0 Å². The number of carbonyl (C=O) groups is 1. The molecule has 1 unspecified atom stereocenters. The summed E-state index contributed by atoms with van der Waals surface area (Å²) in [7, 11) is 0. The molecule has 4 aromatic rings. The van der Waals surface area contributed by atoms with Crippen LogP contribution in [0.5, 0.6) is 0 Å². The number of nitrogens with zero attached hydrogens (tertiary/aromatic N) is 5. The van der Waals surface area contributed by atoms with Crippen LogP contribution in [0.2, 0.25) is 0 Å². The van der Waals surface area contributed by atoms with Gasteiger partial charge in [0.15, 0.2) is 0 Å². The first-order chi connectivity index (χ1) is 15.1. The van der Waals surface area contributed by atoms with Gasteiger partial charge < -0.3 is 4.90 Å². The van der Waals surface area contributed by atoms with Crippen LogP contribution in [0.25, 0.3) is 16.2 Å². The largest absolute Gasteiger partial charge is 0.338 e. The number of hydrogen-bond acceptors (Lipinski definition) is 6. The predicted molar refractivity (Wildman–Crippen MR) is 119 cm³/mol. The van der Waals surface area contributed by atoms with E-state index in [-0.39, 0.29) is 22.9 Å². The first-order valence-corrected chi connectivity index (χ1v) is 11.1. The third kappa shape index (κ3) is 3.74. The Morgan fingerprint density at radius 1 is 1.19 bits per heavy atom. The van der Waals surface area contributed by atoms with Crippen LogP contribution in [0, 0.1) is 6.92 Å². The number of carbonyl (C=O) groups excluding carboxylic acids is 1. The molecule has 0 bridgehead atoms. The number of aryl methyl sites for hydroxylation is 1. The molecule has 1 fully saturated rings. The summed E-state index contributed by atoms with van der Waals surface area (Å²) < 4.78 is 1.41. The van der Waals surface area contributed by atoms with Crippen LogP contribution in [0.15, 0.2) is 59.0 Å². The van der Waals surface area contributed by atoms with Crippen molar-refractivity contribution in [1.29, 1.82) is 0 Å². The van der Waals surface area contributed by atoms with Gasteiger partial charge in [-0.3, -0.25) is 14.0 Å². The van der Waals surface area contributed by atoms with E-state index in [0.29, 0.717) is 18.7 Å². The Morgan fingerprint density at radius 2 is 2.10 bits per heavy atom. The summed E-state index contributed by atoms with van der Waals surface area (Å²) in [5.74, 6) is 0.508. The molecule has 0 saturated carbocycles. The molecule has 0 aromatic carbocycles. The zero-order valence-electron chi connectivity index (χ0n) is 17.1. The van der Waals surface area contributed by atoms with Gasteiger partial charge in [-0.05, 0) is 49.4 Å². The molecular weight excluding hydrogens is 410 g/mol. The minimum atomic E-state index is -0.343. The fourth-order valence-corrected chi connectivity index (χ4v) is 4.73. The van der Waals surface area contributed by atoms with Crippen molar-refractivity contribution in [2.24, 2.45) is 0 Å². The van der Waals surface area contributed by atoms with Crippen LogP contribution in [-0.4, -0.2) is 43.2 Å². The van der Waals surface area contributed by atoms with Crippen molar-refractivity contribution in [3.8, 4) is 10.6 Å². The minimum Gasteiger partial charge on any atom is -0.338 e. The number of piperidine rings is 1. The minimum absolute atomic E-state index is 0.0347. The van der Waals surface area contributed by atoms with Gasteiger partial charge in [0.25, 0.3) is 11.5 Å². The number of amides is 1. The molecule has 4 aromatic heterocycles. The number of fused-ring (bicyclic) bond motifs is 1. The lowest BCUT2D eigenvalue weighted by molar-refractivity contribution is 0.0702. The molecule has 31 heavy (non-hydrogen) atoms. The average molecular weight is 432 g/mol. The molecule has 5 rings (SSSR count). The molecule has 1 atom stereocenters. The Kier molecular flexibility index (Phi) is 5.07. The Balaban J connectivity index is 1.43. The van der Waals surface area contributed by atoms with Gasteiger partial charge in [0.2, 0.25) is 0 Å². The van der Waals surface area contributed by atoms with Crippen molar-refractivity contribution in [2.75, 3.05) is 13.1 Å². The summed E-state index contributed by atoms with van der Waals surface area (Å²) in [6.45, 7) is 3.06. The van der Waals surface area contributed by atoms with Gasteiger partial charge in [0.05, 0.1) is 10.6 Å². The van der Waals surface area contributed by atoms with Gasteiger partial charge in [-0.25, -0.2) is 15.0 Å². The standard InChI is InChI=1S/C23H21N5O2S/c1-15-12-18(19-7-5-11-31-19)26-21(25-15)16-6-4-9-27(14-16)22(29)17-13-24-20-8-2-3-10-28(20)23(17)30/h2-3,5,7-8,10-13,16H,4,6,9,14H2,1H3. The van der Waals surface area contributed by atoms with Crippen LogP contribution < -0.4 is 5.56 Å². The summed E-state index contributed by atoms with van der Waals surface area (Å²) >= 11 is 1.65. The monoisotopic (exact) mass is 431 g/mol. The lowest BCUT2D eigenvalue weighted by Gasteiger charge is -2.32. The number of aromatic nitrogens is 4. The SMILES string of the molecule is Cc1cc(-c2cccs2)nc(C2CCCN(C(=O)c3cnc4ccccn4c3=O)C2)n1. The zero-order chi connectivity index (χ0) is 21.4. The Hall–Kier alpha value is -3.39. The fourth-order valence-electron chi connectivity index (χ4n) is 4.04. The second-order valence-electron chi connectivity index (χ2n) is 7.73. The van der Waals surface area contributed by atoms with Crippen LogP contribution in [0.3, 0.4) is 0 Å². The molecule has 7 nitrogen and oxygen atoms in total.